The van der Waals surface area contributed by atoms with Gasteiger partial charge in [-0.05, 0) is 109 Å². The van der Waals surface area contributed by atoms with Crippen molar-refractivity contribution in [2.24, 2.45) is 0 Å². The molecule has 0 aliphatic carbocycles. The van der Waals surface area contributed by atoms with Gasteiger partial charge in [-0.25, -0.2) is 14.8 Å². The molecule has 0 fully saturated rings. The van der Waals surface area contributed by atoms with Crippen LogP contribution in [-0.4, -0.2) is 21.0 Å². The number of hydrogen-bond donors (Lipinski definition) is 1. The lowest BCUT2D eigenvalue weighted by molar-refractivity contribution is -0.132. The van der Waals surface area contributed by atoms with E-state index in [1.165, 1.54) is 93.7 Å². The number of carboxylic acid groups (broad SMARTS) is 1. The number of rotatable bonds is 19. The molecule has 0 atom stereocenters. The highest BCUT2D eigenvalue weighted by Crippen LogP contribution is 2.47. The summed E-state index contributed by atoms with van der Waals surface area (Å²) < 4.78 is 0. The Bertz CT molecular complexity index is 2710. The van der Waals surface area contributed by atoms with Crippen molar-refractivity contribution in [1.82, 2.24) is 9.97 Å². The zero-order valence-electron chi connectivity index (χ0n) is 34.2. The number of nitriles is 1. The summed E-state index contributed by atoms with van der Waals surface area (Å²) in [5.74, 6) is -1.21. The number of para-hydroxylation sites is 2. The Morgan fingerprint density at radius 1 is 0.623 bits per heavy atom. The van der Waals surface area contributed by atoms with Crippen molar-refractivity contribution in [3.05, 3.63) is 131 Å². The molecule has 3 aromatic carbocycles. The third-order valence-corrected chi connectivity index (χ3v) is 16.5. The highest BCUT2D eigenvalue weighted by atomic mass is 32.1. The van der Waals surface area contributed by atoms with E-state index in [1.54, 1.807) is 40.1 Å². The van der Waals surface area contributed by atoms with Crippen molar-refractivity contribution >= 4 is 95.5 Å². The van der Waals surface area contributed by atoms with Crippen LogP contribution in [0.15, 0.2) is 115 Å². The number of fused-ring (bicyclic) bond motifs is 1. The zero-order valence-corrected chi connectivity index (χ0v) is 38.3. The Labute approximate surface area is 377 Å². The number of carboxylic acids is 1. The molecule has 0 saturated carbocycles. The minimum Gasteiger partial charge on any atom is -0.477 e. The van der Waals surface area contributed by atoms with E-state index < -0.39 is 5.97 Å². The molecule has 0 amide bonds. The average molecular weight is 895 g/mol. The molecule has 0 aliphatic rings. The van der Waals surface area contributed by atoms with Gasteiger partial charge in [0.15, 0.2) is 9.66 Å². The van der Waals surface area contributed by atoms with Crippen LogP contribution in [0.1, 0.15) is 81.2 Å². The third kappa shape index (κ3) is 9.96. The van der Waals surface area contributed by atoms with E-state index in [0.29, 0.717) is 0 Å². The highest BCUT2D eigenvalue weighted by molar-refractivity contribution is 7.32. The summed E-state index contributed by atoms with van der Waals surface area (Å²) >= 11 is 8.42. The fourth-order valence-corrected chi connectivity index (χ4v) is 13.1. The van der Waals surface area contributed by atoms with Crippen molar-refractivity contribution in [3.8, 4) is 46.0 Å². The van der Waals surface area contributed by atoms with E-state index in [2.05, 4.69) is 116 Å². The second kappa shape index (κ2) is 20.1. The van der Waals surface area contributed by atoms with Crippen LogP contribution >= 0.6 is 56.7 Å². The number of aromatic nitrogens is 2. The summed E-state index contributed by atoms with van der Waals surface area (Å²) in [6.07, 6.45) is 13.0. The smallest absolute Gasteiger partial charge is 0.346 e. The molecule has 0 radical (unpaired) electrons. The number of thiophene rings is 3. The summed E-state index contributed by atoms with van der Waals surface area (Å²) in [5, 5.41) is 20.7. The molecule has 61 heavy (non-hydrogen) atoms. The number of hydrogen-bond acceptors (Lipinski definition) is 10. The summed E-state index contributed by atoms with van der Waals surface area (Å²) in [5.41, 5.74) is 7.01. The number of benzene rings is 3. The number of aryl methyl sites for hydroxylation is 2. The molecule has 0 unspecified atom stereocenters. The van der Waals surface area contributed by atoms with Gasteiger partial charge in [0.05, 0.1) is 9.75 Å². The van der Waals surface area contributed by atoms with Gasteiger partial charge in [-0.1, -0.05) is 124 Å². The number of thiazole rings is 2. The van der Waals surface area contributed by atoms with Crippen molar-refractivity contribution < 1.29 is 9.90 Å². The average Bonchev–Trinajstić information content (AvgIpc) is 4.13. The summed E-state index contributed by atoms with van der Waals surface area (Å²) in [7, 11) is 0. The van der Waals surface area contributed by atoms with E-state index in [4.69, 9.17) is 9.97 Å². The molecule has 5 aromatic heterocycles. The van der Waals surface area contributed by atoms with Gasteiger partial charge in [0.2, 0.25) is 0 Å². The maximum atomic E-state index is 11.5. The number of nitrogens with zero attached hydrogens (tertiary/aromatic N) is 4. The quantitative estimate of drug-likeness (QED) is 0.0494. The fraction of sp³-hybridized carbons (Fsp3) is 0.240. The molecule has 8 rings (SSSR count). The minimum atomic E-state index is -1.21. The molecule has 308 valence electrons. The predicted octanol–water partition coefficient (Wildman–Crippen LogP) is 16.3. The Morgan fingerprint density at radius 2 is 1.15 bits per heavy atom. The van der Waals surface area contributed by atoms with E-state index in [9.17, 15) is 15.2 Å². The first kappa shape index (κ1) is 42.5. The molecule has 0 saturated heterocycles. The number of unbranched alkanes of at least 4 members (excludes halogenated alkanes) is 6. The second-order valence-electron chi connectivity index (χ2n) is 14.9. The van der Waals surface area contributed by atoms with Crippen LogP contribution < -0.4 is 4.90 Å². The first-order valence-corrected chi connectivity index (χ1v) is 25.0. The molecule has 1 N–H and O–H groups in total. The van der Waals surface area contributed by atoms with E-state index in [-0.39, 0.29) is 5.57 Å². The Kier molecular flexibility index (Phi) is 14.0. The Balaban J connectivity index is 1.08. The lowest BCUT2D eigenvalue weighted by Gasteiger charge is -2.25. The van der Waals surface area contributed by atoms with Gasteiger partial charge < -0.3 is 10.0 Å². The van der Waals surface area contributed by atoms with E-state index in [1.807, 2.05) is 23.5 Å². The highest BCUT2D eigenvalue weighted by Gasteiger charge is 2.21. The van der Waals surface area contributed by atoms with E-state index >= 15 is 0 Å². The predicted molar refractivity (Wildman–Crippen MR) is 262 cm³/mol. The van der Waals surface area contributed by atoms with Crippen LogP contribution in [0, 0.1) is 11.3 Å². The van der Waals surface area contributed by atoms with Gasteiger partial charge in [0.1, 0.15) is 21.7 Å². The number of anilines is 3. The molecule has 8 aromatic rings. The monoisotopic (exact) mass is 894 g/mol. The summed E-state index contributed by atoms with van der Waals surface area (Å²) in [6, 6.07) is 40.5. The van der Waals surface area contributed by atoms with Gasteiger partial charge in [-0.15, -0.1) is 34.0 Å². The van der Waals surface area contributed by atoms with Crippen molar-refractivity contribution in [2.45, 2.75) is 78.1 Å². The normalized spacial score (nSPS) is 11.7. The SMILES string of the molecule is CCCCCCc1cc(-c2nc3sc(-c4cc(CCCCCC)c(-c5ccc(/C=C(\C#N)C(=O)O)s5)s4)nc3s2)sc1-c1ccc(N(c2ccccc2)c2ccccc2)cc1. The first-order chi connectivity index (χ1) is 29.9. The van der Waals surface area contributed by atoms with Crippen LogP contribution in [0.5, 0.6) is 0 Å². The van der Waals surface area contributed by atoms with Crippen LogP contribution in [0.2, 0.25) is 0 Å². The summed E-state index contributed by atoms with van der Waals surface area (Å²) in [4.78, 5) is 32.7. The Morgan fingerprint density at radius 3 is 1.67 bits per heavy atom. The van der Waals surface area contributed by atoms with Gasteiger partial charge >= 0.3 is 5.97 Å². The van der Waals surface area contributed by atoms with Crippen LogP contribution in [-0.2, 0) is 17.6 Å². The van der Waals surface area contributed by atoms with Crippen molar-refractivity contribution in [3.63, 3.8) is 0 Å². The standard InChI is InChI=1S/C50H46N4O2S5/c1-3-5-7-11-17-34-30-42(58-44(34)33-23-25-39(26-24-33)54(37-19-13-9-14-20-37)38-21-15-10-16-22-38)46-52-48-49(60-46)53-47(61-48)43-31-35(18-12-8-6-4-2)45(59-43)41-28-27-40(57-41)29-36(32-51)50(55)56/h9-10,13-16,19-31H,3-8,11-12,17-18H2,1-2H3,(H,55,56)/b36-29+. The summed E-state index contributed by atoms with van der Waals surface area (Å²) in [6.45, 7) is 4.49. The van der Waals surface area contributed by atoms with Crippen LogP contribution in [0.3, 0.4) is 0 Å². The minimum absolute atomic E-state index is 0.263. The maximum absolute atomic E-state index is 11.5. The molecule has 0 aliphatic heterocycles. The molecule has 0 bridgehead atoms. The van der Waals surface area contributed by atoms with E-state index in [0.717, 1.165) is 70.6 Å². The number of carbonyl (C=O) groups is 1. The molecular weight excluding hydrogens is 849 g/mol. The van der Waals surface area contributed by atoms with Crippen molar-refractivity contribution in [2.75, 3.05) is 4.90 Å². The molecule has 6 nitrogen and oxygen atoms in total. The van der Waals surface area contributed by atoms with Gasteiger partial charge in [0, 0.05) is 36.6 Å². The molecule has 11 heteroatoms. The van der Waals surface area contributed by atoms with Gasteiger partial charge in [0.25, 0.3) is 0 Å². The fourth-order valence-electron chi connectivity index (χ4n) is 7.43. The van der Waals surface area contributed by atoms with Crippen LogP contribution in [0.4, 0.5) is 17.1 Å². The lowest BCUT2D eigenvalue weighted by Crippen LogP contribution is -2.09. The lowest BCUT2D eigenvalue weighted by atomic mass is 10.0. The molecule has 5 heterocycles. The third-order valence-electron chi connectivity index (χ3n) is 10.5. The van der Waals surface area contributed by atoms with Crippen molar-refractivity contribution in [1.29, 1.82) is 5.26 Å². The number of aliphatic carboxylic acids is 1. The van der Waals surface area contributed by atoms with Gasteiger partial charge in [-0.2, -0.15) is 5.26 Å². The topological polar surface area (TPSA) is 90.1 Å². The second-order valence-corrected chi connectivity index (χ2v) is 20.1. The first-order valence-electron chi connectivity index (χ1n) is 20.9. The van der Waals surface area contributed by atoms with Crippen LogP contribution in [0.25, 0.3) is 55.7 Å². The molecular formula is C50H46N4O2S5. The molecule has 0 spiro atoms. The maximum Gasteiger partial charge on any atom is 0.346 e. The Hall–Kier alpha value is -5.22. The largest absolute Gasteiger partial charge is 0.477 e. The zero-order chi connectivity index (χ0) is 42.1. The van der Waals surface area contributed by atoms with Gasteiger partial charge in [-0.3, -0.25) is 0 Å².